The van der Waals surface area contributed by atoms with E-state index in [0.717, 1.165) is 15.0 Å². The summed E-state index contributed by atoms with van der Waals surface area (Å²) in [6, 6.07) is 12.9. The first kappa shape index (κ1) is 14.4. The van der Waals surface area contributed by atoms with Crippen LogP contribution in [0.3, 0.4) is 0 Å². The van der Waals surface area contributed by atoms with Gasteiger partial charge in [0, 0.05) is 30.7 Å². The molecule has 0 bridgehead atoms. The van der Waals surface area contributed by atoms with Gasteiger partial charge in [-0.05, 0) is 31.2 Å². The Kier molecular flexibility index (Phi) is 3.89. The smallest absolute Gasteiger partial charge is 0.257 e. The predicted molar refractivity (Wildman–Crippen MR) is 91.0 cm³/mol. The molecule has 2 aromatic carbocycles. The van der Waals surface area contributed by atoms with Gasteiger partial charge in [-0.25, -0.2) is 0 Å². The maximum absolute atomic E-state index is 12.5. The third-order valence-corrected chi connectivity index (χ3v) is 4.64. The van der Waals surface area contributed by atoms with Gasteiger partial charge in [0.05, 0.1) is 5.56 Å². The molecule has 1 aromatic heterocycles. The van der Waals surface area contributed by atoms with Crippen molar-refractivity contribution >= 4 is 56.2 Å². The van der Waals surface area contributed by atoms with Gasteiger partial charge in [0.1, 0.15) is 0 Å². The van der Waals surface area contributed by atoms with Gasteiger partial charge in [0.2, 0.25) is 0 Å². The summed E-state index contributed by atoms with van der Waals surface area (Å²) in [6.07, 6.45) is 0. The zero-order valence-corrected chi connectivity index (χ0v) is 13.4. The molecule has 1 N–H and O–H groups in total. The Morgan fingerprint density at radius 2 is 1.76 bits per heavy atom. The SMILES string of the molecule is Cc1sc2ccccc2c1C(=O)Nc1cc(Cl)cc(Cl)c1. The molecule has 0 saturated heterocycles. The van der Waals surface area contributed by atoms with Crippen LogP contribution >= 0.6 is 34.5 Å². The summed E-state index contributed by atoms with van der Waals surface area (Å²) in [5.74, 6) is -0.150. The van der Waals surface area contributed by atoms with Crippen LogP contribution in [0.25, 0.3) is 10.1 Å². The molecule has 0 radical (unpaired) electrons. The summed E-state index contributed by atoms with van der Waals surface area (Å²) < 4.78 is 1.10. The molecule has 2 nitrogen and oxygen atoms in total. The highest BCUT2D eigenvalue weighted by Gasteiger charge is 2.16. The molecule has 1 amide bonds. The molecule has 1 heterocycles. The average molecular weight is 336 g/mol. The van der Waals surface area contributed by atoms with Crippen LogP contribution in [0.2, 0.25) is 10.0 Å². The molecule has 21 heavy (non-hydrogen) atoms. The minimum atomic E-state index is -0.150. The zero-order chi connectivity index (χ0) is 15.0. The second-order valence-electron chi connectivity index (χ2n) is 4.64. The van der Waals surface area contributed by atoms with Crippen molar-refractivity contribution in [1.82, 2.24) is 0 Å². The number of aryl methyl sites for hydroxylation is 1. The number of carbonyl (C=O) groups excluding carboxylic acids is 1. The summed E-state index contributed by atoms with van der Waals surface area (Å²) in [7, 11) is 0. The van der Waals surface area contributed by atoms with Gasteiger partial charge in [-0.1, -0.05) is 41.4 Å². The van der Waals surface area contributed by atoms with Crippen molar-refractivity contribution in [1.29, 1.82) is 0 Å². The number of hydrogen-bond acceptors (Lipinski definition) is 2. The number of anilines is 1. The molecule has 0 unspecified atom stereocenters. The third-order valence-electron chi connectivity index (χ3n) is 3.12. The Hall–Kier alpha value is -1.55. The van der Waals surface area contributed by atoms with Crippen LogP contribution in [0.5, 0.6) is 0 Å². The highest BCUT2D eigenvalue weighted by atomic mass is 35.5. The van der Waals surface area contributed by atoms with E-state index in [9.17, 15) is 4.79 Å². The Bertz CT molecular complexity index is 821. The lowest BCUT2D eigenvalue weighted by atomic mass is 10.1. The van der Waals surface area contributed by atoms with Gasteiger partial charge in [-0.2, -0.15) is 0 Å². The summed E-state index contributed by atoms with van der Waals surface area (Å²) in [6.45, 7) is 1.95. The second-order valence-corrected chi connectivity index (χ2v) is 6.77. The van der Waals surface area contributed by atoms with E-state index in [1.54, 1.807) is 29.5 Å². The van der Waals surface area contributed by atoms with Crippen molar-refractivity contribution in [3.8, 4) is 0 Å². The van der Waals surface area contributed by atoms with E-state index >= 15 is 0 Å². The number of hydrogen-bond donors (Lipinski definition) is 1. The van der Waals surface area contributed by atoms with Gasteiger partial charge in [-0.15, -0.1) is 11.3 Å². The minimum absolute atomic E-state index is 0.150. The van der Waals surface area contributed by atoms with Crippen LogP contribution in [0.1, 0.15) is 15.2 Å². The molecule has 0 aliphatic rings. The first-order chi connectivity index (χ1) is 10.0. The Morgan fingerprint density at radius 3 is 2.48 bits per heavy atom. The van der Waals surface area contributed by atoms with Crippen molar-refractivity contribution in [3.63, 3.8) is 0 Å². The van der Waals surface area contributed by atoms with Gasteiger partial charge in [0.25, 0.3) is 5.91 Å². The normalized spacial score (nSPS) is 10.8. The standard InChI is InChI=1S/C16H11Cl2NOS/c1-9-15(13-4-2-3-5-14(13)21-9)16(20)19-12-7-10(17)6-11(18)8-12/h2-8H,1H3,(H,19,20). The number of rotatable bonds is 2. The number of benzene rings is 2. The van der Waals surface area contributed by atoms with Crippen LogP contribution in [-0.4, -0.2) is 5.91 Å². The van der Waals surface area contributed by atoms with Crippen LogP contribution in [-0.2, 0) is 0 Å². The summed E-state index contributed by atoms with van der Waals surface area (Å²) in [5.41, 5.74) is 1.29. The number of nitrogens with one attached hydrogen (secondary N) is 1. The molecule has 0 fully saturated rings. The van der Waals surface area contributed by atoms with Crippen molar-refractivity contribution < 1.29 is 4.79 Å². The van der Waals surface area contributed by atoms with Crippen molar-refractivity contribution in [3.05, 3.63) is 63.0 Å². The lowest BCUT2D eigenvalue weighted by Crippen LogP contribution is -2.12. The van der Waals surface area contributed by atoms with Crippen molar-refractivity contribution in [2.24, 2.45) is 0 Å². The third kappa shape index (κ3) is 2.91. The van der Waals surface area contributed by atoms with E-state index in [1.165, 1.54) is 0 Å². The molecule has 3 aromatic rings. The molecule has 0 aliphatic carbocycles. The molecule has 0 spiro atoms. The largest absolute Gasteiger partial charge is 0.322 e. The van der Waals surface area contributed by atoms with E-state index in [0.29, 0.717) is 21.3 Å². The van der Waals surface area contributed by atoms with E-state index < -0.39 is 0 Å². The first-order valence-corrected chi connectivity index (χ1v) is 7.87. The minimum Gasteiger partial charge on any atom is -0.322 e. The Balaban J connectivity index is 1.99. The molecule has 3 rings (SSSR count). The lowest BCUT2D eigenvalue weighted by molar-refractivity contribution is 0.102. The van der Waals surface area contributed by atoms with Crippen LogP contribution in [0, 0.1) is 6.92 Å². The van der Waals surface area contributed by atoms with E-state index in [1.807, 2.05) is 31.2 Å². The monoisotopic (exact) mass is 335 g/mol. The highest BCUT2D eigenvalue weighted by Crippen LogP contribution is 2.31. The summed E-state index contributed by atoms with van der Waals surface area (Å²) in [5, 5.41) is 4.80. The molecular weight excluding hydrogens is 325 g/mol. The van der Waals surface area contributed by atoms with Crippen molar-refractivity contribution in [2.75, 3.05) is 5.32 Å². The quantitative estimate of drug-likeness (QED) is 0.632. The summed E-state index contributed by atoms with van der Waals surface area (Å²) in [4.78, 5) is 13.5. The number of halogens is 2. The molecule has 0 aliphatic heterocycles. The Labute approximate surface area is 136 Å². The Morgan fingerprint density at radius 1 is 1.10 bits per heavy atom. The summed E-state index contributed by atoms with van der Waals surface area (Å²) >= 11 is 13.5. The molecule has 106 valence electrons. The van der Waals surface area contributed by atoms with Crippen molar-refractivity contribution in [2.45, 2.75) is 6.92 Å². The van der Waals surface area contributed by atoms with E-state index in [-0.39, 0.29) is 5.91 Å². The maximum Gasteiger partial charge on any atom is 0.257 e. The molecule has 5 heteroatoms. The average Bonchev–Trinajstić information content (AvgIpc) is 2.73. The first-order valence-electron chi connectivity index (χ1n) is 6.30. The number of thiophene rings is 1. The second kappa shape index (κ2) is 5.68. The van der Waals surface area contributed by atoms with Gasteiger partial charge in [-0.3, -0.25) is 4.79 Å². The fraction of sp³-hybridized carbons (Fsp3) is 0.0625. The maximum atomic E-state index is 12.5. The van der Waals surface area contributed by atoms with Crippen LogP contribution in [0.4, 0.5) is 5.69 Å². The lowest BCUT2D eigenvalue weighted by Gasteiger charge is -2.07. The van der Waals surface area contributed by atoms with E-state index in [2.05, 4.69) is 5.32 Å². The molecular formula is C16H11Cl2NOS. The topological polar surface area (TPSA) is 29.1 Å². The molecule has 0 saturated carbocycles. The van der Waals surface area contributed by atoms with Gasteiger partial charge in [0.15, 0.2) is 0 Å². The fourth-order valence-electron chi connectivity index (χ4n) is 2.27. The van der Waals surface area contributed by atoms with E-state index in [4.69, 9.17) is 23.2 Å². The van der Waals surface area contributed by atoms with Gasteiger partial charge < -0.3 is 5.32 Å². The van der Waals surface area contributed by atoms with Crippen LogP contribution < -0.4 is 5.32 Å². The van der Waals surface area contributed by atoms with Crippen LogP contribution in [0.15, 0.2) is 42.5 Å². The van der Waals surface area contributed by atoms with Gasteiger partial charge >= 0.3 is 0 Å². The molecule has 0 atom stereocenters. The predicted octanol–water partition coefficient (Wildman–Crippen LogP) is 5.77. The fourth-order valence-corrected chi connectivity index (χ4v) is 3.86. The number of carbonyl (C=O) groups is 1. The highest BCUT2D eigenvalue weighted by molar-refractivity contribution is 7.19. The number of fused-ring (bicyclic) bond motifs is 1. The zero-order valence-electron chi connectivity index (χ0n) is 11.1. The number of amides is 1.